The minimum absolute atomic E-state index is 0.106. The molecule has 0 amide bonds. The van der Waals surface area contributed by atoms with Gasteiger partial charge in [0.2, 0.25) is 0 Å². The molecule has 0 saturated carbocycles. The smallest absolute Gasteiger partial charge is 0.191 e. The topological polar surface area (TPSA) is 21.7 Å². The van der Waals surface area contributed by atoms with Crippen molar-refractivity contribution in [2.75, 3.05) is 11.9 Å². The van der Waals surface area contributed by atoms with Crippen LogP contribution in [0, 0.1) is 0 Å². The normalized spacial score (nSPS) is 26.1. The fourth-order valence-corrected chi connectivity index (χ4v) is 2.33. The predicted octanol–water partition coefficient (Wildman–Crippen LogP) is 2.59. The third kappa shape index (κ3) is 1.29. The van der Waals surface area contributed by atoms with Crippen molar-refractivity contribution in [1.29, 1.82) is 0 Å². The lowest BCUT2D eigenvalue weighted by Crippen LogP contribution is -2.38. The minimum Gasteiger partial charge on any atom is -0.342 e. The van der Waals surface area contributed by atoms with Crippen LogP contribution in [0.2, 0.25) is 0 Å². The summed E-state index contributed by atoms with van der Waals surface area (Å²) < 4.78 is 0. The summed E-state index contributed by atoms with van der Waals surface area (Å²) in [6, 6.07) is 8.32. The summed E-state index contributed by atoms with van der Waals surface area (Å²) in [6.07, 6.45) is 2.04. The van der Waals surface area contributed by atoms with Crippen LogP contribution in [0.15, 0.2) is 30.3 Å². The molecule has 1 aromatic carbocycles. The van der Waals surface area contributed by atoms with Crippen molar-refractivity contribution >= 4 is 11.3 Å². The molecule has 2 aliphatic rings. The molecule has 3 nitrogen and oxygen atoms in total. The SMILES string of the molecule is CN1c2ccccc2C2=CC(C)(C)OOC21. The summed E-state index contributed by atoms with van der Waals surface area (Å²) >= 11 is 0. The Balaban J connectivity index is 2.16. The van der Waals surface area contributed by atoms with Crippen molar-refractivity contribution in [3.8, 4) is 0 Å². The number of nitrogens with zero attached hydrogens (tertiary/aromatic N) is 1. The van der Waals surface area contributed by atoms with E-state index < -0.39 is 0 Å². The van der Waals surface area contributed by atoms with Gasteiger partial charge in [0.1, 0.15) is 5.60 Å². The first-order valence-corrected chi connectivity index (χ1v) is 5.48. The zero-order valence-corrected chi connectivity index (χ0v) is 9.73. The lowest BCUT2D eigenvalue weighted by molar-refractivity contribution is -0.359. The second-order valence-corrected chi connectivity index (χ2v) is 4.86. The number of fused-ring (bicyclic) bond motifs is 3. The number of likely N-dealkylation sites (N-methyl/N-ethyl adjacent to an activating group) is 1. The summed E-state index contributed by atoms with van der Waals surface area (Å²) in [5.41, 5.74) is 3.28. The van der Waals surface area contributed by atoms with Gasteiger partial charge >= 0.3 is 0 Å². The predicted molar refractivity (Wildman–Crippen MR) is 62.9 cm³/mol. The largest absolute Gasteiger partial charge is 0.342 e. The van der Waals surface area contributed by atoms with Crippen molar-refractivity contribution in [2.24, 2.45) is 0 Å². The van der Waals surface area contributed by atoms with Gasteiger partial charge in [-0.05, 0) is 26.0 Å². The highest BCUT2D eigenvalue weighted by molar-refractivity contribution is 5.87. The van der Waals surface area contributed by atoms with Crippen molar-refractivity contribution < 1.29 is 9.78 Å². The molecular formula is C13H15NO2. The molecule has 3 heteroatoms. The van der Waals surface area contributed by atoms with Crippen LogP contribution in [0.4, 0.5) is 5.69 Å². The van der Waals surface area contributed by atoms with Crippen LogP contribution in [0.25, 0.3) is 5.57 Å². The van der Waals surface area contributed by atoms with E-state index in [4.69, 9.17) is 9.78 Å². The highest BCUT2D eigenvalue weighted by Gasteiger charge is 2.39. The summed E-state index contributed by atoms with van der Waals surface area (Å²) in [5.74, 6) is 0. The second-order valence-electron chi connectivity index (χ2n) is 4.86. The van der Waals surface area contributed by atoms with E-state index in [0.717, 1.165) is 0 Å². The first-order valence-electron chi connectivity index (χ1n) is 5.48. The Hall–Kier alpha value is -1.32. The molecule has 0 fully saturated rings. The highest BCUT2D eigenvalue weighted by Crippen LogP contribution is 2.43. The number of hydrogen-bond donors (Lipinski definition) is 0. The summed E-state index contributed by atoms with van der Waals surface area (Å²) in [6.45, 7) is 3.99. The van der Waals surface area contributed by atoms with Crippen LogP contribution < -0.4 is 4.90 Å². The van der Waals surface area contributed by atoms with Crippen LogP contribution in [0.3, 0.4) is 0 Å². The van der Waals surface area contributed by atoms with Gasteiger partial charge in [-0.3, -0.25) is 0 Å². The summed E-state index contributed by atoms with van der Waals surface area (Å²) in [4.78, 5) is 12.9. The fourth-order valence-electron chi connectivity index (χ4n) is 2.33. The van der Waals surface area contributed by atoms with Crippen LogP contribution in [-0.2, 0) is 9.78 Å². The van der Waals surface area contributed by atoms with E-state index in [1.54, 1.807) is 0 Å². The molecule has 84 valence electrons. The standard InChI is InChI=1S/C13H15NO2/c1-13(2)8-10-9-6-4-5-7-11(9)14(3)12(10)15-16-13/h4-8,12H,1-3H3. The van der Waals surface area contributed by atoms with E-state index in [2.05, 4.69) is 29.2 Å². The van der Waals surface area contributed by atoms with Crippen molar-refractivity contribution in [3.05, 3.63) is 35.9 Å². The Morgan fingerprint density at radius 1 is 1.25 bits per heavy atom. The lowest BCUT2D eigenvalue weighted by atomic mass is 9.99. The summed E-state index contributed by atoms with van der Waals surface area (Å²) in [7, 11) is 2.02. The maximum absolute atomic E-state index is 5.47. The zero-order chi connectivity index (χ0) is 11.3. The Morgan fingerprint density at radius 3 is 2.81 bits per heavy atom. The maximum Gasteiger partial charge on any atom is 0.191 e. The van der Waals surface area contributed by atoms with Gasteiger partial charge in [-0.25, -0.2) is 9.78 Å². The zero-order valence-electron chi connectivity index (χ0n) is 9.73. The molecule has 0 saturated heterocycles. The number of hydrogen-bond acceptors (Lipinski definition) is 3. The molecule has 0 aromatic heterocycles. The van der Waals surface area contributed by atoms with E-state index in [1.165, 1.54) is 16.8 Å². The summed E-state index contributed by atoms with van der Waals surface area (Å²) in [5, 5.41) is 0. The van der Waals surface area contributed by atoms with Gasteiger partial charge in [-0.1, -0.05) is 18.2 Å². The van der Waals surface area contributed by atoms with E-state index >= 15 is 0 Å². The molecular weight excluding hydrogens is 202 g/mol. The molecule has 1 unspecified atom stereocenters. The maximum atomic E-state index is 5.47. The van der Waals surface area contributed by atoms with E-state index in [1.807, 2.05) is 27.0 Å². The molecule has 1 aromatic rings. The van der Waals surface area contributed by atoms with Crippen LogP contribution in [-0.4, -0.2) is 18.9 Å². The monoisotopic (exact) mass is 217 g/mol. The molecule has 0 bridgehead atoms. The van der Waals surface area contributed by atoms with Crippen LogP contribution in [0.1, 0.15) is 19.4 Å². The number of benzene rings is 1. The first kappa shape index (κ1) is 9.87. The first-order chi connectivity index (χ1) is 7.58. The quantitative estimate of drug-likeness (QED) is 0.623. The molecule has 1 atom stereocenters. The Labute approximate surface area is 95.2 Å². The molecule has 16 heavy (non-hydrogen) atoms. The Kier molecular flexibility index (Phi) is 1.91. The van der Waals surface area contributed by atoms with Gasteiger partial charge in [0.25, 0.3) is 0 Å². The fraction of sp³-hybridized carbons (Fsp3) is 0.385. The van der Waals surface area contributed by atoms with Gasteiger partial charge < -0.3 is 4.90 Å². The third-order valence-corrected chi connectivity index (χ3v) is 3.07. The number of para-hydroxylation sites is 1. The Morgan fingerprint density at radius 2 is 2.00 bits per heavy atom. The van der Waals surface area contributed by atoms with Gasteiger partial charge in [0, 0.05) is 23.9 Å². The highest BCUT2D eigenvalue weighted by atomic mass is 17.2. The van der Waals surface area contributed by atoms with Gasteiger partial charge in [0.15, 0.2) is 6.23 Å². The van der Waals surface area contributed by atoms with Crippen LogP contribution >= 0.6 is 0 Å². The second kappa shape index (κ2) is 3.09. The van der Waals surface area contributed by atoms with Gasteiger partial charge in [0.05, 0.1) is 0 Å². The lowest BCUT2D eigenvalue weighted by Gasteiger charge is -2.32. The van der Waals surface area contributed by atoms with Crippen molar-refractivity contribution in [1.82, 2.24) is 0 Å². The minimum atomic E-state index is -0.357. The average Bonchev–Trinajstić information content (AvgIpc) is 2.52. The Bertz CT molecular complexity index is 465. The van der Waals surface area contributed by atoms with Gasteiger partial charge in [-0.15, -0.1) is 0 Å². The molecule has 0 N–H and O–H groups in total. The molecule has 0 aliphatic carbocycles. The van der Waals surface area contributed by atoms with Crippen molar-refractivity contribution in [2.45, 2.75) is 25.7 Å². The van der Waals surface area contributed by atoms with Crippen LogP contribution in [0.5, 0.6) is 0 Å². The molecule has 2 heterocycles. The van der Waals surface area contributed by atoms with E-state index in [0.29, 0.717) is 0 Å². The van der Waals surface area contributed by atoms with Gasteiger partial charge in [-0.2, -0.15) is 0 Å². The average molecular weight is 217 g/mol. The molecule has 0 radical (unpaired) electrons. The number of anilines is 1. The molecule has 2 aliphatic heterocycles. The number of rotatable bonds is 0. The van der Waals surface area contributed by atoms with E-state index in [9.17, 15) is 0 Å². The van der Waals surface area contributed by atoms with Crippen molar-refractivity contribution in [3.63, 3.8) is 0 Å². The van der Waals surface area contributed by atoms with E-state index in [-0.39, 0.29) is 11.8 Å². The third-order valence-electron chi connectivity index (χ3n) is 3.07. The molecule has 0 spiro atoms. The molecule has 3 rings (SSSR count).